The summed E-state index contributed by atoms with van der Waals surface area (Å²) in [6.07, 6.45) is 2.65. The molecule has 5 nitrogen and oxygen atoms in total. The molecule has 0 aliphatic heterocycles. The Balaban J connectivity index is 2.19. The first kappa shape index (κ1) is 20.4. The summed E-state index contributed by atoms with van der Waals surface area (Å²) in [5.74, 6) is -5.96. The first-order valence-corrected chi connectivity index (χ1v) is 9.02. The van der Waals surface area contributed by atoms with Gasteiger partial charge in [-0.2, -0.15) is 8.78 Å². The van der Waals surface area contributed by atoms with Crippen LogP contribution in [0.25, 0.3) is 0 Å². The Labute approximate surface area is 166 Å². The molecule has 148 valence electrons. The van der Waals surface area contributed by atoms with E-state index in [0.29, 0.717) is 22.8 Å². The molecule has 0 bridgehead atoms. The van der Waals surface area contributed by atoms with Crippen molar-refractivity contribution >= 4 is 15.9 Å². The van der Waals surface area contributed by atoms with E-state index in [1.54, 1.807) is 6.92 Å². The molecule has 0 saturated carbocycles. The van der Waals surface area contributed by atoms with Gasteiger partial charge in [0, 0.05) is 28.7 Å². The van der Waals surface area contributed by atoms with Crippen molar-refractivity contribution in [2.75, 3.05) is 0 Å². The van der Waals surface area contributed by atoms with Crippen molar-refractivity contribution in [3.63, 3.8) is 0 Å². The van der Waals surface area contributed by atoms with Crippen molar-refractivity contribution in [3.8, 4) is 0 Å². The van der Waals surface area contributed by atoms with Gasteiger partial charge < -0.3 is 9.67 Å². The summed E-state index contributed by atoms with van der Waals surface area (Å²) < 4.78 is 60.4. The van der Waals surface area contributed by atoms with E-state index in [1.165, 1.54) is 10.6 Å². The van der Waals surface area contributed by atoms with Crippen molar-refractivity contribution in [2.45, 2.75) is 31.4 Å². The zero-order valence-corrected chi connectivity index (χ0v) is 16.2. The van der Waals surface area contributed by atoms with E-state index in [-0.39, 0.29) is 0 Å². The van der Waals surface area contributed by atoms with Gasteiger partial charge in [0.2, 0.25) is 0 Å². The van der Waals surface area contributed by atoms with Gasteiger partial charge in [0.05, 0.1) is 6.54 Å². The molecule has 0 saturated heterocycles. The summed E-state index contributed by atoms with van der Waals surface area (Å²) in [5, 5.41) is 18.6. The number of alkyl halides is 2. The summed E-state index contributed by atoms with van der Waals surface area (Å²) in [5.41, 5.74) is -4.62. The third-order valence-corrected chi connectivity index (χ3v) is 4.83. The van der Waals surface area contributed by atoms with Crippen LogP contribution in [-0.4, -0.2) is 24.9 Å². The lowest BCUT2D eigenvalue weighted by molar-refractivity contribution is -0.206. The smallest absolute Gasteiger partial charge is 0.323 e. The van der Waals surface area contributed by atoms with E-state index in [0.717, 1.165) is 30.7 Å². The summed E-state index contributed by atoms with van der Waals surface area (Å²) in [6, 6.07) is 4.39. The van der Waals surface area contributed by atoms with Gasteiger partial charge in [-0.25, -0.2) is 8.78 Å². The number of hydrogen-bond acceptors (Lipinski definition) is 4. The molecular weight excluding hydrogens is 444 g/mol. The van der Waals surface area contributed by atoms with E-state index in [2.05, 4.69) is 31.1 Å². The quantitative estimate of drug-likeness (QED) is 0.568. The van der Waals surface area contributed by atoms with Crippen LogP contribution in [0.1, 0.15) is 24.0 Å². The van der Waals surface area contributed by atoms with Gasteiger partial charge in [-0.3, -0.25) is 4.98 Å². The molecule has 0 fully saturated rings. The molecule has 0 unspecified atom stereocenters. The third kappa shape index (κ3) is 3.53. The maximum absolute atomic E-state index is 15.5. The van der Waals surface area contributed by atoms with Crippen molar-refractivity contribution < 1.29 is 22.7 Å². The Bertz CT molecular complexity index is 980. The molecule has 2 aromatic heterocycles. The van der Waals surface area contributed by atoms with E-state index in [4.69, 9.17) is 0 Å². The van der Waals surface area contributed by atoms with Gasteiger partial charge in [0.1, 0.15) is 29.5 Å². The average Bonchev–Trinajstić information content (AvgIpc) is 3.08. The van der Waals surface area contributed by atoms with Crippen LogP contribution in [0.2, 0.25) is 0 Å². The second-order valence-corrected chi connectivity index (χ2v) is 7.06. The Morgan fingerprint density at radius 3 is 2.54 bits per heavy atom. The minimum atomic E-state index is -4.03. The van der Waals surface area contributed by atoms with Gasteiger partial charge in [-0.05, 0) is 40.2 Å². The number of nitrogens with zero attached hydrogens (tertiary/aromatic N) is 4. The number of pyridine rings is 1. The monoisotopic (exact) mass is 458 g/mol. The molecule has 28 heavy (non-hydrogen) atoms. The summed E-state index contributed by atoms with van der Waals surface area (Å²) in [7, 11) is 0. The molecule has 0 radical (unpaired) electrons. The summed E-state index contributed by atoms with van der Waals surface area (Å²) in [4.78, 5) is 3.67. The third-order valence-electron chi connectivity index (χ3n) is 4.36. The van der Waals surface area contributed by atoms with Crippen LogP contribution in [0.3, 0.4) is 0 Å². The molecule has 0 aliphatic carbocycles. The standard InChI is InChI=1S/C18H15BrF4N4O/c1-2-16-26-25-10-27(16)9-17(28,13-5-4-12(20)7-14(13)21)18(22,23)15-6-3-11(19)8-24-15/h3-8,10,28H,2,9H2,1H3/t17-/m0/s1. The minimum absolute atomic E-state index is 0.320. The number of rotatable bonds is 6. The fourth-order valence-electron chi connectivity index (χ4n) is 2.88. The molecule has 0 spiro atoms. The molecular formula is C18H15BrF4N4O. The van der Waals surface area contributed by atoms with E-state index in [1.807, 2.05) is 0 Å². The number of aryl methyl sites for hydroxylation is 1. The predicted octanol–water partition coefficient (Wildman–Crippen LogP) is 3.96. The van der Waals surface area contributed by atoms with Crippen molar-refractivity contribution in [3.05, 3.63) is 76.0 Å². The predicted molar refractivity (Wildman–Crippen MR) is 95.5 cm³/mol. The summed E-state index contributed by atoms with van der Waals surface area (Å²) >= 11 is 3.10. The molecule has 2 heterocycles. The SMILES string of the molecule is CCc1nncn1C[C@](O)(c1ccc(F)cc1F)C(F)(F)c1ccc(Br)cn1. The van der Waals surface area contributed by atoms with Crippen LogP contribution >= 0.6 is 15.9 Å². The van der Waals surface area contributed by atoms with Crippen LogP contribution in [-0.2, 0) is 24.5 Å². The lowest BCUT2D eigenvalue weighted by Crippen LogP contribution is -2.48. The van der Waals surface area contributed by atoms with E-state index in [9.17, 15) is 13.9 Å². The van der Waals surface area contributed by atoms with Gasteiger partial charge in [-0.1, -0.05) is 6.92 Å². The number of halogens is 5. The topological polar surface area (TPSA) is 63.8 Å². The van der Waals surface area contributed by atoms with E-state index >= 15 is 8.78 Å². The fraction of sp³-hybridized carbons (Fsp3) is 0.278. The van der Waals surface area contributed by atoms with Crippen molar-refractivity contribution in [1.29, 1.82) is 0 Å². The zero-order valence-electron chi connectivity index (χ0n) is 14.6. The van der Waals surface area contributed by atoms with Gasteiger partial charge in [0.15, 0.2) is 5.60 Å². The van der Waals surface area contributed by atoms with Crippen LogP contribution in [0.15, 0.2) is 47.3 Å². The fourth-order valence-corrected chi connectivity index (χ4v) is 3.12. The number of aliphatic hydroxyl groups is 1. The second kappa shape index (κ2) is 7.59. The molecule has 0 aliphatic rings. The van der Waals surface area contributed by atoms with Gasteiger partial charge >= 0.3 is 5.92 Å². The normalized spacial score (nSPS) is 14.1. The zero-order chi connectivity index (χ0) is 20.5. The summed E-state index contributed by atoms with van der Waals surface area (Å²) in [6.45, 7) is 0.961. The maximum atomic E-state index is 15.5. The highest BCUT2D eigenvalue weighted by Crippen LogP contribution is 2.47. The molecule has 10 heteroatoms. The lowest BCUT2D eigenvalue weighted by Gasteiger charge is -2.36. The maximum Gasteiger partial charge on any atom is 0.323 e. The molecule has 1 aromatic carbocycles. The number of hydrogen-bond donors (Lipinski definition) is 1. The van der Waals surface area contributed by atoms with Crippen LogP contribution in [0.4, 0.5) is 17.6 Å². The highest BCUT2D eigenvalue weighted by atomic mass is 79.9. The molecule has 1 atom stereocenters. The Kier molecular flexibility index (Phi) is 5.53. The Morgan fingerprint density at radius 1 is 1.18 bits per heavy atom. The first-order valence-electron chi connectivity index (χ1n) is 8.23. The number of benzene rings is 1. The Hall–Kier alpha value is -2.33. The second-order valence-electron chi connectivity index (χ2n) is 6.15. The van der Waals surface area contributed by atoms with Crippen molar-refractivity contribution in [2.24, 2.45) is 0 Å². The minimum Gasteiger partial charge on any atom is -0.377 e. The largest absolute Gasteiger partial charge is 0.377 e. The van der Waals surface area contributed by atoms with Crippen LogP contribution in [0.5, 0.6) is 0 Å². The molecule has 3 aromatic rings. The highest BCUT2D eigenvalue weighted by Gasteiger charge is 2.57. The Morgan fingerprint density at radius 2 is 1.93 bits per heavy atom. The lowest BCUT2D eigenvalue weighted by atomic mass is 9.84. The van der Waals surface area contributed by atoms with Gasteiger partial charge in [-0.15, -0.1) is 10.2 Å². The average molecular weight is 459 g/mol. The molecule has 0 amide bonds. The molecule has 3 rings (SSSR count). The van der Waals surface area contributed by atoms with Crippen LogP contribution in [0, 0.1) is 11.6 Å². The van der Waals surface area contributed by atoms with Crippen LogP contribution < -0.4 is 0 Å². The first-order chi connectivity index (χ1) is 13.2. The molecule has 1 N–H and O–H groups in total. The van der Waals surface area contributed by atoms with Crippen molar-refractivity contribution in [1.82, 2.24) is 19.7 Å². The van der Waals surface area contributed by atoms with Gasteiger partial charge in [0.25, 0.3) is 0 Å². The highest BCUT2D eigenvalue weighted by molar-refractivity contribution is 9.10. The number of aromatic nitrogens is 4. The van der Waals surface area contributed by atoms with E-state index < -0.39 is 41.0 Å².